The highest BCUT2D eigenvalue weighted by Gasteiger charge is 2.12. The van der Waals surface area contributed by atoms with E-state index in [1.54, 1.807) is 47.4 Å². The number of hydrogen-bond donors (Lipinski definition) is 1. The molecule has 0 bridgehead atoms. The first-order chi connectivity index (χ1) is 14.7. The molecule has 0 unspecified atom stereocenters. The summed E-state index contributed by atoms with van der Waals surface area (Å²) in [5, 5.41) is 2.82. The molecule has 5 aromatic rings. The highest BCUT2D eigenvalue weighted by molar-refractivity contribution is 5.94. The summed E-state index contributed by atoms with van der Waals surface area (Å²) >= 11 is 0. The number of benzene rings is 1. The van der Waals surface area contributed by atoms with Gasteiger partial charge in [0.25, 0.3) is 11.5 Å². The van der Waals surface area contributed by atoms with Gasteiger partial charge in [0.15, 0.2) is 5.65 Å². The van der Waals surface area contributed by atoms with Crippen LogP contribution in [0.2, 0.25) is 0 Å². The minimum atomic E-state index is -0.183. The van der Waals surface area contributed by atoms with Crippen LogP contribution in [-0.2, 0) is 13.1 Å². The number of amides is 1. The summed E-state index contributed by atoms with van der Waals surface area (Å²) in [6, 6.07) is 18.2. The average Bonchev–Trinajstić information content (AvgIpc) is 3.48. The second kappa shape index (κ2) is 7.36. The molecule has 0 fully saturated rings. The Hall–Kier alpha value is -4.13. The van der Waals surface area contributed by atoms with Crippen molar-refractivity contribution in [2.45, 2.75) is 13.1 Å². The number of rotatable bonds is 5. The molecule has 0 saturated heterocycles. The van der Waals surface area contributed by atoms with Gasteiger partial charge in [0.2, 0.25) is 0 Å². The Bertz CT molecular complexity index is 1400. The van der Waals surface area contributed by atoms with Gasteiger partial charge in [-0.15, -0.1) is 0 Å². The second-order valence-corrected chi connectivity index (χ2v) is 6.96. The molecule has 5 rings (SSSR count). The molecule has 30 heavy (non-hydrogen) atoms. The van der Waals surface area contributed by atoms with Crippen molar-refractivity contribution >= 4 is 22.6 Å². The zero-order valence-electron chi connectivity index (χ0n) is 16.0. The lowest BCUT2D eigenvalue weighted by Gasteiger charge is -2.12. The van der Waals surface area contributed by atoms with Crippen molar-refractivity contribution in [2.24, 2.45) is 0 Å². The Morgan fingerprint density at radius 3 is 2.63 bits per heavy atom. The standard InChI is InChI=1S/C23H18N4O3/c28-22(25-14-18-4-3-13-30-18)17-9-7-16(8-10-17)15-27-21-19(5-1-11-24-21)26-12-2-6-20(26)23(27)29/h1-13H,14-15H2,(H,25,28). The van der Waals surface area contributed by atoms with Gasteiger partial charge in [0.1, 0.15) is 11.3 Å². The van der Waals surface area contributed by atoms with E-state index in [1.807, 2.05) is 40.9 Å². The van der Waals surface area contributed by atoms with Crippen molar-refractivity contribution in [3.8, 4) is 0 Å². The monoisotopic (exact) mass is 398 g/mol. The van der Waals surface area contributed by atoms with E-state index >= 15 is 0 Å². The topological polar surface area (TPSA) is 81.5 Å². The molecular formula is C23H18N4O3. The summed E-state index contributed by atoms with van der Waals surface area (Å²) in [6.45, 7) is 0.695. The van der Waals surface area contributed by atoms with E-state index in [0.717, 1.165) is 11.1 Å². The molecule has 0 aliphatic heterocycles. The van der Waals surface area contributed by atoms with Gasteiger partial charge < -0.3 is 14.1 Å². The quantitative estimate of drug-likeness (QED) is 0.493. The molecule has 1 amide bonds. The van der Waals surface area contributed by atoms with E-state index in [2.05, 4.69) is 10.3 Å². The van der Waals surface area contributed by atoms with Crippen LogP contribution in [0.4, 0.5) is 0 Å². The smallest absolute Gasteiger partial charge is 0.276 e. The number of hydrogen-bond acceptors (Lipinski definition) is 4. The predicted octanol–water partition coefficient (Wildman–Crippen LogP) is 3.22. The maximum absolute atomic E-state index is 13.0. The van der Waals surface area contributed by atoms with Gasteiger partial charge in [-0.2, -0.15) is 0 Å². The van der Waals surface area contributed by atoms with Crippen molar-refractivity contribution < 1.29 is 9.21 Å². The van der Waals surface area contributed by atoms with E-state index in [1.165, 1.54) is 0 Å². The molecule has 0 aliphatic rings. The fraction of sp³-hybridized carbons (Fsp3) is 0.0870. The summed E-state index contributed by atoms with van der Waals surface area (Å²) in [6.07, 6.45) is 5.11. The van der Waals surface area contributed by atoms with Crippen LogP contribution in [-0.4, -0.2) is 19.9 Å². The fourth-order valence-corrected chi connectivity index (χ4v) is 3.56. The van der Waals surface area contributed by atoms with Crippen molar-refractivity contribution in [3.63, 3.8) is 0 Å². The van der Waals surface area contributed by atoms with Crippen molar-refractivity contribution in [1.29, 1.82) is 0 Å². The minimum absolute atomic E-state index is 0.105. The molecule has 148 valence electrons. The first-order valence-electron chi connectivity index (χ1n) is 9.55. The lowest BCUT2D eigenvalue weighted by molar-refractivity contribution is 0.0948. The van der Waals surface area contributed by atoms with E-state index in [0.29, 0.717) is 35.6 Å². The molecule has 7 heteroatoms. The van der Waals surface area contributed by atoms with Gasteiger partial charge in [-0.3, -0.25) is 14.2 Å². The van der Waals surface area contributed by atoms with Gasteiger partial charge in [-0.1, -0.05) is 12.1 Å². The molecule has 4 aromatic heterocycles. The second-order valence-electron chi connectivity index (χ2n) is 6.96. The SMILES string of the molecule is O=C(NCc1ccco1)c1ccc(Cn2c(=O)c3cccn3c3cccnc32)cc1. The summed E-state index contributed by atoms with van der Waals surface area (Å²) in [5.41, 5.74) is 3.43. The number of pyridine rings is 1. The number of nitrogens with zero attached hydrogens (tertiary/aromatic N) is 3. The third-order valence-corrected chi connectivity index (χ3v) is 5.05. The average molecular weight is 398 g/mol. The minimum Gasteiger partial charge on any atom is -0.467 e. The van der Waals surface area contributed by atoms with Crippen molar-refractivity contribution in [2.75, 3.05) is 0 Å². The van der Waals surface area contributed by atoms with E-state index < -0.39 is 0 Å². The van der Waals surface area contributed by atoms with Crippen LogP contribution >= 0.6 is 0 Å². The van der Waals surface area contributed by atoms with Gasteiger partial charge in [-0.25, -0.2) is 4.98 Å². The number of aromatic nitrogens is 3. The summed E-state index contributed by atoms with van der Waals surface area (Å²) in [5.74, 6) is 0.510. The Morgan fingerprint density at radius 2 is 1.83 bits per heavy atom. The molecule has 0 aliphatic carbocycles. The molecule has 7 nitrogen and oxygen atoms in total. The molecular weight excluding hydrogens is 380 g/mol. The van der Waals surface area contributed by atoms with Crippen LogP contribution in [0, 0.1) is 0 Å². The molecule has 1 N–H and O–H groups in total. The van der Waals surface area contributed by atoms with Gasteiger partial charge in [-0.05, 0) is 54.1 Å². The molecule has 0 saturated carbocycles. The van der Waals surface area contributed by atoms with Crippen LogP contribution < -0.4 is 10.9 Å². The van der Waals surface area contributed by atoms with Gasteiger partial charge >= 0.3 is 0 Å². The third-order valence-electron chi connectivity index (χ3n) is 5.05. The molecule has 0 radical (unpaired) electrons. The maximum Gasteiger partial charge on any atom is 0.276 e. The van der Waals surface area contributed by atoms with Gasteiger partial charge in [0, 0.05) is 18.0 Å². The van der Waals surface area contributed by atoms with Crippen molar-refractivity contribution in [3.05, 3.63) is 107 Å². The Balaban J connectivity index is 1.42. The van der Waals surface area contributed by atoms with Crippen LogP contribution in [0.1, 0.15) is 21.7 Å². The van der Waals surface area contributed by atoms with Crippen molar-refractivity contribution in [1.82, 2.24) is 19.3 Å². The Kier molecular flexibility index (Phi) is 4.40. The van der Waals surface area contributed by atoms with Gasteiger partial charge in [0.05, 0.1) is 24.9 Å². The Morgan fingerprint density at radius 1 is 1.00 bits per heavy atom. The highest BCUT2D eigenvalue weighted by Crippen LogP contribution is 2.15. The van der Waals surface area contributed by atoms with E-state index in [9.17, 15) is 9.59 Å². The van der Waals surface area contributed by atoms with Crippen LogP contribution in [0.3, 0.4) is 0 Å². The lowest BCUT2D eigenvalue weighted by Crippen LogP contribution is -2.24. The van der Waals surface area contributed by atoms with E-state index in [4.69, 9.17) is 4.42 Å². The predicted molar refractivity (Wildman–Crippen MR) is 112 cm³/mol. The number of fused-ring (bicyclic) bond motifs is 3. The first-order valence-corrected chi connectivity index (χ1v) is 9.55. The summed E-state index contributed by atoms with van der Waals surface area (Å²) in [7, 11) is 0. The largest absolute Gasteiger partial charge is 0.467 e. The number of nitrogens with one attached hydrogen (secondary N) is 1. The van der Waals surface area contributed by atoms with Crippen LogP contribution in [0.15, 0.2) is 88.5 Å². The first kappa shape index (κ1) is 17.9. The van der Waals surface area contributed by atoms with E-state index in [-0.39, 0.29) is 11.5 Å². The summed E-state index contributed by atoms with van der Waals surface area (Å²) in [4.78, 5) is 29.8. The molecule has 4 heterocycles. The maximum atomic E-state index is 13.0. The normalized spacial score (nSPS) is 11.2. The van der Waals surface area contributed by atoms with Crippen LogP contribution in [0.25, 0.3) is 16.7 Å². The zero-order valence-corrected chi connectivity index (χ0v) is 16.0. The summed E-state index contributed by atoms with van der Waals surface area (Å²) < 4.78 is 8.74. The van der Waals surface area contributed by atoms with Crippen LogP contribution in [0.5, 0.6) is 0 Å². The molecule has 1 aromatic carbocycles. The highest BCUT2D eigenvalue weighted by atomic mass is 16.3. The number of carbonyl (C=O) groups excluding carboxylic acids is 1. The third kappa shape index (κ3) is 3.16. The lowest BCUT2D eigenvalue weighted by atomic mass is 10.1. The molecule has 0 atom stereocenters. The number of carbonyl (C=O) groups is 1. The zero-order chi connectivity index (χ0) is 20.5. The molecule has 0 spiro atoms. The number of furan rings is 1. The Labute approximate surface area is 171 Å². The fourth-order valence-electron chi connectivity index (χ4n) is 3.56.